The molecule has 0 spiro atoms. The van der Waals surface area contributed by atoms with E-state index in [2.05, 4.69) is 36.5 Å². The summed E-state index contributed by atoms with van der Waals surface area (Å²) in [6.45, 7) is 0. The van der Waals surface area contributed by atoms with E-state index in [9.17, 15) is 0 Å². The van der Waals surface area contributed by atoms with Crippen LogP contribution in [0.25, 0.3) is 0 Å². The molecule has 0 atom stereocenters. The molecular weight excluding hydrogens is 176 g/mol. The molecule has 0 fully saturated rings. The lowest BCUT2D eigenvalue weighted by Crippen LogP contribution is -2.21. The Bertz CT molecular complexity index is 280. The van der Waals surface area contributed by atoms with Crippen LogP contribution in [0.2, 0.25) is 0 Å². The van der Waals surface area contributed by atoms with Crippen molar-refractivity contribution in [3.8, 4) is 0 Å². The van der Waals surface area contributed by atoms with E-state index >= 15 is 0 Å². The Labute approximate surface area is 80.8 Å². The zero-order chi connectivity index (χ0) is 9.10. The fraction of sp³-hybridized carbons (Fsp3) is 0.273. The molecule has 2 aliphatic carbocycles. The summed E-state index contributed by atoms with van der Waals surface area (Å²) in [5, 5.41) is 3.02. The zero-order valence-corrected chi connectivity index (χ0v) is 9.02. The molecule has 2 heteroatoms. The van der Waals surface area contributed by atoms with Crippen molar-refractivity contribution in [2.75, 3.05) is 7.11 Å². The van der Waals surface area contributed by atoms with Crippen molar-refractivity contribution in [1.29, 1.82) is 0 Å². The van der Waals surface area contributed by atoms with Crippen molar-refractivity contribution in [3.05, 3.63) is 46.8 Å². The summed E-state index contributed by atoms with van der Waals surface area (Å²) in [4.78, 5) is 0. The maximum absolute atomic E-state index is 5.64. The number of hydrogen-bond acceptors (Lipinski definition) is 1. The normalized spacial score (nSPS) is 19.8. The molecule has 0 N–H and O–H groups in total. The standard InChI is InChI=1S/C11H14OSi/c1-12-13(10-6-2-3-7-10)11-8-4-5-9-11/h2-6,8,13H,7,9H2,1H3. The van der Waals surface area contributed by atoms with Crippen molar-refractivity contribution >= 4 is 9.04 Å². The van der Waals surface area contributed by atoms with Crippen LogP contribution in [0.3, 0.4) is 0 Å². The van der Waals surface area contributed by atoms with Crippen LogP contribution in [0.15, 0.2) is 46.8 Å². The van der Waals surface area contributed by atoms with Gasteiger partial charge in [0.15, 0.2) is 0 Å². The predicted octanol–water partition coefficient (Wildman–Crippen LogP) is 2.21. The van der Waals surface area contributed by atoms with Crippen molar-refractivity contribution in [2.24, 2.45) is 0 Å². The lowest BCUT2D eigenvalue weighted by Gasteiger charge is -2.15. The SMILES string of the molecule is CO[SiH](C1=CC=CC1)C1=CC=CC1. The summed E-state index contributed by atoms with van der Waals surface area (Å²) in [5.41, 5.74) is 0. The lowest BCUT2D eigenvalue weighted by atomic mass is 10.5. The van der Waals surface area contributed by atoms with E-state index in [0.29, 0.717) is 0 Å². The molecule has 0 radical (unpaired) electrons. The minimum absolute atomic E-state index is 1.10. The number of hydrogen-bond donors (Lipinski definition) is 0. The van der Waals surface area contributed by atoms with E-state index in [1.54, 1.807) is 0 Å². The summed E-state index contributed by atoms with van der Waals surface area (Å²) < 4.78 is 5.64. The fourth-order valence-corrected chi connectivity index (χ4v) is 4.21. The zero-order valence-electron chi connectivity index (χ0n) is 7.86. The summed E-state index contributed by atoms with van der Waals surface area (Å²) >= 11 is 0. The Morgan fingerprint density at radius 1 is 1.08 bits per heavy atom. The van der Waals surface area contributed by atoms with Gasteiger partial charge in [-0.3, -0.25) is 0 Å². The number of rotatable bonds is 3. The van der Waals surface area contributed by atoms with Crippen LogP contribution in [0.1, 0.15) is 12.8 Å². The highest BCUT2D eigenvalue weighted by atomic mass is 28.3. The molecular formula is C11H14OSi. The average molecular weight is 190 g/mol. The maximum Gasteiger partial charge on any atom is 0.232 e. The van der Waals surface area contributed by atoms with Crippen LogP contribution in [-0.2, 0) is 4.43 Å². The molecule has 0 aliphatic heterocycles. The summed E-state index contributed by atoms with van der Waals surface area (Å²) in [6, 6.07) is 0. The molecule has 0 bridgehead atoms. The molecule has 1 nitrogen and oxygen atoms in total. The third-order valence-electron chi connectivity index (χ3n) is 2.51. The largest absolute Gasteiger partial charge is 0.415 e. The highest BCUT2D eigenvalue weighted by Gasteiger charge is 2.21. The molecule has 0 unspecified atom stereocenters. The first-order valence-corrected chi connectivity index (χ1v) is 6.28. The van der Waals surface area contributed by atoms with Gasteiger partial charge in [0, 0.05) is 7.11 Å². The molecule has 0 aromatic rings. The first-order chi connectivity index (χ1) is 6.42. The molecule has 0 heterocycles. The fourth-order valence-electron chi connectivity index (χ4n) is 1.86. The van der Waals surface area contributed by atoms with Gasteiger partial charge < -0.3 is 4.43 Å². The Morgan fingerprint density at radius 2 is 1.62 bits per heavy atom. The Balaban J connectivity index is 2.09. The average Bonchev–Trinajstić information content (AvgIpc) is 2.76. The van der Waals surface area contributed by atoms with Gasteiger partial charge in [-0.25, -0.2) is 0 Å². The van der Waals surface area contributed by atoms with Gasteiger partial charge in [0.1, 0.15) is 0 Å². The van der Waals surface area contributed by atoms with Crippen LogP contribution in [-0.4, -0.2) is 16.2 Å². The number of allylic oxidation sites excluding steroid dienone is 8. The van der Waals surface area contributed by atoms with E-state index in [-0.39, 0.29) is 0 Å². The molecule has 13 heavy (non-hydrogen) atoms. The Kier molecular flexibility index (Phi) is 2.61. The van der Waals surface area contributed by atoms with E-state index in [1.165, 1.54) is 10.4 Å². The minimum Gasteiger partial charge on any atom is -0.415 e. The predicted molar refractivity (Wildman–Crippen MR) is 57.8 cm³/mol. The van der Waals surface area contributed by atoms with Gasteiger partial charge in [0.2, 0.25) is 9.04 Å². The van der Waals surface area contributed by atoms with Gasteiger partial charge in [-0.05, 0) is 23.2 Å². The van der Waals surface area contributed by atoms with Crippen molar-refractivity contribution < 1.29 is 4.43 Å². The van der Waals surface area contributed by atoms with E-state index in [1.807, 2.05) is 7.11 Å². The minimum atomic E-state index is -1.22. The van der Waals surface area contributed by atoms with Crippen molar-refractivity contribution in [1.82, 2.24) is 0 Å². The van der Waals surface area contributed by atoms with Gasteiger partial charge >= 0.3 is 0 Å². The van der Waals surface area contributed by atoms with Crippen molar-refractivity contribution in [3.63, 3.8) is 0 Å². The van der Waals surface area contributed by atoms with Crippen LogP contribution in [0.5, 0.6) is 0 Å². The van der Waals surface area contributed by atoms with Gasteiger partial charge in [-0.1, -0.05) is 36.5 Å². The van der Waals surface area contributed by atoms with Gasteiger partial charge in [-0.2, -0.15) is 0 Å². The van der Waals surface area contributed by atoms with E-state index < -0.39 is 9.04 Å². The van der Waals surface area contributed by atoms with E-state index in [0.717, 1.165) is 12.8 Å². The molecule has 0 aromatic carbocycles. The molecule has 0 aromatic heterocycles. The third kappa shape index (κ3) is 1.74. The van der Waals surface area contributed by atoms with Gasteiger partial charge in [0.25, 0.3) is 0 Å². The quantitative estimate of drug-likeness (QED) is 0.620. The molecule has 0 amide bonds. The first kappa shape index (κ1) is 8.72. The highest BCUT2D eigenvalue weighted by molar-refractivity contribution is 6.68. The second-order valence-electron chi connectivity index (χ2n) is 3.36. The van der Waals surface area contributed by atoms with Gasteiger partial charge in [-0.15, -0.1) is 0 Å². The van der Waals surface area contributed by atoms with Crippen molar-refractivity contribution in [2.45, 2.75) is 12.8 Å². The third-order valence-corrected chi connectivity index (χ3v) is 5.18. The van der Waals surface area contributed by atoms with Crippen LogP contribution < -0.4 is 0 Å². The first-order valence-electron chi connectivity index (χ1n) is 4.66. The summed E-state index contributed by atoms with van der Waals surface area (Å²) in [7, 11) is 0.622. The van der Waals surface area contributed by atoms with E-state index in [4.69, 9.17) is 4.43 Å². The Morgan fingerprint density at radius 3 is 1.92 bits per heavy atom. The Hall–Kier alpha value is -0.863. The molecule has 2 aliphatic rings. The molecule has 0 saturated carbocycles. The highest BCUT2D eigenvalue weighted by Crippen LogP contribution is 2.23. The molecule has 68 valence electrons. The van der Waals surface area contributed by atoms with Crippen LogP contribution in [0.4, 0.5) is 0 Å². The smallest absolute Gasteiger partial charge is 0.232 e. The van der Waals surface area contributed by atoms with Crippen LogP contribution >= 0.6 is 0 Å². The monoisotopic (exact) mass is 190 g/mol. The maximum atomic E-state index is 5.64. The lowest BCUT2D eigenvalue weighted by molar-refractivity contribution is 0.431. The second-order valence-corrected chi connectivity index (χ2v) is 6.08. The summed E-state index contributed by atoms with van der Waals surface area (Å²) in [6.07, 6.45) is 15.3. The van der Waals surface area contributed by atoms with Gasteiger partial charge in [0.05, 0.1) is 0 Å². The van der Waals surface area contributed by atoms with Crippen LogP contribution in [0, 0.1) is 0 Å². The molecule has 0 saturated heterocycles. The second kappa shape index (κ2) is 3.90. The molecule has 2 rings (SSSR count). The summed E-state index contributed by atoms with van der Waals surface area (Å²) in [5.74, 6) is 0. The topological polar surface area (TPSA) is 9.23 Å².